The van der Waals surface area contributed by atoms with Gasteiger partial charge in [-0.05, 0) is 34.1 Å². The number of halogens is 3. The summed E-state index contributed by atoms with van der Waals surface area (Å²) in [6.07, 6.45) is 1.46. The number of carbonyl (C=O) groups excluding carboxylic acids is 1. The van der Waals surface area contributed by atoms with Gasteiger partial charge >= 0.3 is 0 Å². The molecular formula is C13H10BrF2N3O. The molecule has 0 bridgehead atoms. The molecule has 7 heteroatoms. The number of pyridine rings is 1. The van der Waals surface area contributed by atoms with Gasteiger partial charge in [-0.25, -0.2) is 8.78 Å². The summed E-state index contributed by atoms with van der Waals surface area (Å²) in [5, 5.41) is 5.21. The maximum Gasteiger partial charge on any atom is 0.274 e. The van der Waals surface area contributed by atoms with E-state index >= 15 is 0 Å². The van der Waals surface area contributed by atoms with Gasteiger partial charge < -0.3 is 10.6 Å². The van der Waals surface area contributed by atoms with E-state index in [0.29, 0.717) is 11.8 Å². The fourth-order valence-corrected chi connectivity index (χ4v) is 1.86. The van der Waals surface area contributed by atoms with Crippen molar-refractivity contribution in [3.63, 3.8) is 0 Å². The van der Waals surface area contributed by atoms with Gasteiger partial charge in [0, 0.05) is 25.0 Å². The molecule has 2 N–H and O–H groups in total. The van der Waals surface area contributed by atoms with E-state index in [1.54, 1.807) is 13.1 Å². The number of hydrogen-bond acceptors (Lipinski definition) is 3. The summed E-state index contributed by atoms with van der Waals surface area (Å²) in [4.78, 5) is 15.8. The Morgan fingerprint density at radius 3 is 2.70 bits per heavy atom. The highest BCUT2D eigenvalue weighted by Crippen LogP contribution is 2.24. The molecule has 104 valence electrons. The van der Waals surface area contributed by atoms with Crippen LogP contribution in [0.2, 0.25) is 0 Å². The van der Waals surface area contributed by atoms with Crippen LogP contribution in [0.15, 0.2) is 34.9 Å². The van der Waals surface area contributed by atoms with Crippen molar-refractivity contribution in [3.8, 4) is 0 Å². The minimum absolute atomic E-state index is 0.0612. The summed E-state index contributed by atoms with van der Waals surface area (Å²) < 4.78 is 26.7. The molecule has 4 nitrogen and oxygen atoms in total. The molecule has 0 saturated heterocycles. The average molecular weight is 342 g/mol. The first-order valence-electron chi connectivity index (χ1n) is 5.61. The molecule has 1 amide bonds. The summed E-state index contributed by atoms with van der Waals surface area (Å²) in [6, 6.07) is 5.05. The van der Waals surface area contributed by atoms with Gasteiger partial charge in [0.2, 0.25) is 0 Å². The predicted octanol–water partition coefficient (Wildman–Crippen LogP) is 3.42. The molecule has 20 heavy (non-hydrogen) atoms. The quantitative estimate of drug-likeness (QED) is 0.841. The average Bonchev–Trinajstić information content (AvgIpc) is 2.44. The predicted molar refractivity (Wildman–Crippen MR) is 75.8 cm³/mol. The molecule has 1 aromatic heterocycles. The van der Waals surface area contributed by atoms with Crippen LogP contribution >= 0.6 is 15.9 Å². The number of nitrogens with zero attached hydrogens (tertiary/aromatic N) is 1. The van der Waals surface area contributed by atoms with Crippen molar-refractivity contribution >= 4 is 33.2 Å². The van der Waals surface area contributed by atoms with Gasteiger partial charge in [0.25, 0.3) is 5.91 Å². The molecule has 0 saturated carbocycles. The number of aromatic nitrogens is 1. The van der Waals surface area contributed by atoms with Crippen LogP contribution in [-0.2, 0) is 0 Å². The van der Waals surface area contributed by atoms with Crippen LogP contribution in [0.3, 0.4) is 0 Å². The SMILES string of the molecule is CNc1ccnc(C(=O)Nc2cc(Br)c(F)cc2F)c1. The molecule has 2 aromatic rings. The summed E-state index contributed by atoms with van der Waals surface area (Å²) in [5.74, 6) is -2.18. The number of nitrogens with one attached hydrogen (secondary N) is 2. The topological polar surface area (TPSA) is 54.0 Å². The molecule has 0 aliphatic rings. The van der Waals surface area contributed by atoms with Gasteiger partial charge in [-0.1, -0.05) is 0 Å². The Bertz CT molecular complexity index is 664. The molecule has 0 aliphatic carbocycles. The second kappa shape index (κ2) is 5.96. The third-order valence-electron chi connectivity index (χ3n) is 2.54. The van der Waals surface area contributed by atoms with Crippen molar-refractivity contribution in [2.45, 2.75) is 0 Å². The van der Waals surface area contributed by atoms with E-state index in [-0.39, 0.29) is 15.9 Å². The van der Waals surface area contributed by atoms with Gasteiger partial charge in [0.15, 0.2) is 0 Å². The Hall–Kier alpha value is -2.02. The highest BCUT2D eigenvalue weighted by molar-refractivity contribution is 9.10. The fourth-order valence-electron chi connectivity index (χ4n) is 1.51. The lowest BCUT2D eigenvalue weighted by Gasteiger charge is -2.08. The third-order valence-corrected chi connectivity index (χ3v) is 3.15. The lowest BCUT2D eigenvalue weighted by Crippen LogP contribution is -2.15. The molecule has 0 spiro atoms. The number of benzene rings is 1. The first-order valence-corrected chi connectivity index (χ1v) is 6.40. The van der Waals surface area contributed by atoms with Crippen LogP contribution in [0.1, 0.15) is 10.5 Å². The number of rotatable bonds is 3. The van der Waals surface area contributed by atoms with Crippen LogP contribution in [0, 0.1) is 11.6 Å². The zero-order valence-corrected chi connectivity index (χ0v) is 12.0. The van der Waals surface area contributed by atoms with E-state index in [1.807, 2.05) is 0 Å². The standard InChI is InChI=1S/C13H10BrF2N3O/c1-17-7-2-3-18-12(4-7)13(20)19-11-5-8(14)9(15)6-10(11)16/h2-6H,1H3,(H,17,18)(H,19,20). The summed E-state index contributed by atoms with van der Waals surface area (Å²) in [6.45, 7) is 0. The van der Waals surface area contributed by atoms with E-state index in [1.165, 1.54) is 12.3 Å². The molecular weight excluding hydrogens is 332 g/mol. The Balaban J connectivity index is 2.25. The van der Waals surface area contributed by atoms with Crippen LogP contribution < -0.4 is 10.6 Å². The van der Waals surface area contributed by atoms with Crippen molar-refractivity contribution < 1.29 is 13.6 Å². The van der Waals surface area contributed by atoms with Crippen molar-refractivity contribution in [2.75, 3.05) is 17.7 Å². The second-order valence-electron chi connectivity index (χ2n) is 3.88. The van der Waals surface area contributed by atoms with Crippen LogP contribution in [0.5, 0.6) is 0 Å². The number of amides is 1. The Kier molecular flexibility index (Phi) is 4.29. The highest BCUT2D eigenvalue weighted by atomic mass is 79.9. The van der Waals surface area contributed by atoms with Crippen LogP contribution in [-0.4, -0.2) is 17.9 Å². The summed E-state index contributed by atoms with van der Waals surface area (Å²) >= 11 is 2.93. The lowest BCUT2D eigenvalue weighted by atomic mass is 10.2. The summed E-state index contributed by atoms with van der Waals surface area (Å²) in [5.41, 5.74) is 0.697. The number of carbonyl (C=O) groups is 1. The number of hydrogen-bond donors (Lipinski definition) is 2. The molecule has 0 atom stereocenters. The van der Waals surface area contributed by atoms with Gasteiger partial charge in [0.1, 0.15) is 17.3 Å². The molecule has 1 aromatic carbocycles. The zero-order chi connectivity index (χ0) is 14.7. The molecule has 0 radical (unpaired) electrons. The minimum atomic E-state index is -0.858. The van der Waals surface area contributed by atoms with Gasteiger partial charge in [-0.2, -0.15) is 0 Å². The maximum atomic E-state index is 13.5. The molecule has 0 aliphatic heterocycles. The molecule has 0 fully saturated rings. The normalized spacial score (nSPS) is 10.2. The monoisotopic (exact) mass is 341 g/mol. The second-order valence-corrected chi connectivity index (χ2v) is 4.73. The first-order chi connectivity index (χ1) is 9.51. The Morgan fingerprint density at radius 1 is 1.25 bits per heavy atom. The van der Waals surface area contributed by atoms with E-state index in [9.17, 15) is 13.6 Å². The Morgan fingerprint density at radius 2 is 2.00 bits per heavy atom. The van der Waals surface area contributed by atoms with Crippen LogP contribution in [0.4, 0.5) is 20.2 Å². The molecule has 1 heterocycles. The lowest BCUT2D eigenvalue weighted by molar-refractivity contribution is 0.102. The van der Waals surface area contributed by atoms with Crippen molar-refractivity contribution in [2.24, 2.45) is 0 Å². The van der Waals surface area contributed by atoms with Crippen molar-refractivity contribution in [1.29, 1.82) is 0 Å². The smallest absolute Gasteiger partial charge is 0.274 e. The highest BCUT2D eigenvalue weighted by Gasteiger charge is 2.13. The van der Waals surface area contributed by atoms with Crippen molar-refractivity contribution in [1.82, 2.24) is 4.98 Å². The molecule has 0 unspecified atom stereocenters. The van der Waals surface area contributed by atoms with Gasteiger partial charge in [-0.15, -0.1) is 0 Å². The van der Waals surface area contributed by atoms with E-state index in [2.05, 4.69) is 31.5 Å². The fraction of sp³-hybridized carbons (Fsp3) is 0.0769. The zero-order valence-electron chi connectivity index (χ0n) is 10.4. The van der Waals surface area contributed by atoms with Crippen LogP contribution in [0.25, 0.3) is 0 Å². The van der Waals surface area contributed by atoms with E-state index in [0.717, 1.165) is 6.07 Å². The molecule has 2 rings (SSSR count). The summed E-state index contributed by atoms with van der Waals surface area (Å²) in [7, 11) is 1.70. The third kappa shape index (κ3) is 3.11. The first kappa shape index (κ1) is 14.4. The van der Waals surface area contributed by atoms with E-state index < -0.39 is 17.5 Å². The van der Waals surface area contributed by atoms with Gasteiger partial charge in [0.05, 0.1) is 10.2 Å². The van der Waals surface area contributed by atoms with Crippen molar-refractivity contribution in [3.05, 3.63) is 52.3 Å². The maximum absolute atomic E-state index is 13.5. The Labute approximate surface area is 122 Å². The van der Waals surface area contributed by atoms with E-state index in [4.69, 9.17) is 0 Å². The van der Waals surface area contributed by atoms with Gasteiger partial charge in [-0.3, -0.25) is 9.78 Å². The largest absolute Gasteiger partial charge is 0.388 e. The number of anilines is 2. The minimum Gasteiger partial charge on any atom is -0.388 e.